The van der Waals surface area contributed by atoms with Crippen LogP contribution in [-0.2, 0) is 21.1 Å². The largest absolute Gasteiger partial charge is 0.483 e. The van der Waals surface area contributed by atoms with Gasteiger partial charge < -0.3 is 14.4 Å². The third-order valence-electron chi connectivity index (χ3n) is 5.28. The second-order valence-corrected chi connectivity index (χ2v) is 10.5. The van der Waals surface area contributed by atoms with E-state index in [1.807, 2.05) is 56.3 Å². The Balaban J connectivity index is 1.54. The van der Waals surface area contributed by atoms with Crippen molar-refractivity contribution in [3.63, 3.8) is 0 Å². The number of ether oxygens (including phenoxy) is 2. The lowest BCUT2D eigenvalue weighted by molar-refractivity contribution is -0.121. The van der Waals surface area contributed by atoms with E-state index in [-0.39, 0.29) is 35.7 Å². The summed E-state index contributed by atoms with van der Waals surface area (Å²) in [6.45, 7) is 3.84. The Labute approximate surface area is 171 Å². The maximum Gasteiger partial charge on any atom is 0.265 e. The zero-order chi connectivity index (χ0) is 20.6. The minimum atomic E-state index is -3.12. The molecule has 1 atom stereocenters. The van der Waals surface area contributed by atoms with Gasteiger partial charge in [0.2, 0.25) is 0 Å². The molecule has 0 N–H and O–H groups in total. The molecule has 0 unspecified atom stereocenters. The van der Waals surface area contributed by atoms with Crippen molar-refractivity contribution in [2.75, 3.05) is 23.0 Å². The van der Waals surface area contributed by atoms with E-state index in [9.17, 15) is 13.2 Å². The van der Waals surface area contributed by atoms with Gasteiger partial charge in [-0.2, -0.15) is 0 Å². The molecule has 2 heterocycles. The van der Waals surface area contributed by atoms with Crippen LogP contribution < -0.4 is 14.4 Å². The summed E-state index contributed by atoms with van der Waals surface area (Å²) in [5.41, 5.74) is 1.43. The first-order valence-electron chi connectivity index (χ1n) is 9.75. The van der Waals surface area contributed by atoms with Crippen molar-refractivity contribution in [3.8, 4) is 11.5 Å². The Morgan fingerprint density at radius 2 is 1.93 bits per heavy atom. The van der Waals surface area contributed by atoms with Gasteiger partial charge in [-0.3, -0.25) is 4.79 Å². The second kappa shape index (κ2) is 7.37. The van der Waals surface area contributed by atoms with Gasteiger partial charge in [0, 0.05) is 17.7 Å². The molecule has 2 aromatic carbocycles. The van der Waals surface area contributed by atoms with E-state index in [4.69, 9.17) is 9.47 Å². The summed E-state index contributed by atoms with van der Waals surface area (Å²) >= 11 is 0. The van der Waals surface area contributed by atoms with E-state index < -0.39 is 9.84 Å². The van der Waals surface area contributed by atoms with Gasteiger partial charge in [-0.15, -0.1) is 0 Å². The van der Waals surface area contributed by atoms with E-state index in [2.05, 4.69) is 0 Å². The van der Waals surface area contributed by atoms with Crippen molar-refractivity contribution < 1.29 is 22.7 Å². The van der Waals surface area contributed by atoms with Crippen molar-refractivity contribution in [1.82, 2.24) is 0 Å². The second-order valence-electron chi connectivity index (χ2n) is 8.23. The van der Waals surface area contributed by atoms with Crippen molar-refractivity contribution in [1.29, 1.82) is 0 Å². The zero-order valence-electron chi connectivity index (χ0n) is 16.6. The molecule has 29 heavy (non-hydrogen) atoms. The van der Waals surface area contributed by atoms with Crippen LogP contribution in [0, 0.1) is 0 Å². The van der Waals surface area contributed by atoms with Gasteiger partial charge in [0.1, 0.15) is 5.60 Å². The lowest BCUT2D eigenvalue weighted by Crippen LogP contribution is -2.43. The molecule has 0 spiro atoms. The highest BCUT2D eigenvalue weighted by atomic mass is 32.2. The monoisotopic (exact) mass is 415 g/mol. The highest BCUT2D eigenvalue weighted by molar-refractivity contribution is 7.91. The topological polar surface area (TPSA) is 72.9 Å². The van der Waals surface area contributed by atoms with Gasteiger partial charge in [0.25, 0.3) is 5.91 Å². The highest BCUT2D eigenvalue weighted by Gasteiger charge is 2.36. The van der Waals surface area contributed by atoms with Crippen LogP contribution in [0.5, 0.6) is 11.5 Å². The molecule has 0 aliphatic carbocycles. The summed E-state index contributed by atoms with van der Waals surface area (Å²) in [5.74, 6) is 1.03. The molecule has 7 heteroatoms. The van der Waals surface area contributed by atoms with Crippen LogP contribution in [0.2, 0.25) is 0 Å². The van der Waals surface area contributed by atoms with E-state index in [1.54, 1.807) is 11.0 Å². The van der Waals surface area contributed by atoms with Crippen molar-refractivity contribution in [2.45, 2.75) is 38.3 Å². The van der Waals surface area contributed by atoms with Crippen LogP contribution in [0.4, 0.5) is 5.69 Å². The molecule has 4 rings (SSSR count). The minimum absolute atomic E-state index is 0.0222. The van der Waals surface area contributed by atoms with E-state index in [0.717, 1.165) is 12.0 Å². The average molecular weight is 416 g/mol. The molecule has 0 saturated carbocycles. The number of anilines is 1. The SMILES string of the molecule is CC1(C)Cc2cccc(OCC(=O)N(c3ccccc3)[C@@H]3CCS(=O)(=O)C3)c2O1. The van der Waals surface area contributed by atoms with Crippen molar-refractivity contribution in [3.05, 3.63) is 54.1 Å². The number of rotatable bonds is 5. The molecule has 2 aliphatic rings. The number of amides is 1. The van der Waals surface area contributed by atoms with Gasteiger partial charge >= 0.3 is 0 Å². The van der Waals surface area contributed by atoms with Gasteiger partial charge in [-0.25, -0.2) is 8.42 Å². The predicted octanol–water partition coefficient (Wildman–Crippen LogP) is 3.00. The van der Waals surface area contributed by atoms with Crippen LogP contribution in [0.1, 0.15) is 25.8 Å². The molecule has 154 valence electrons. The quantitative estimate of drug-likeness (QED) is 0.751. The van der Waals surface area contributed by atoms with Gasteiger partial charge in [0.05, 0.1) is 17.5 Å². The number of fused-ring (bicyclic) bond motifs is 1. The summed E-state index contributed by atoms with van der Waals surface area (Å²) in [5, 5.41) is 0. The molecule has 1 amide bonds. The molecule has 2 aromatic rings. The van der Waals surface area contributed by atoms with E-state index >= 15 is 0 Å². The smallest absolute Gasteiger partial charge is 0.265 e. The number of nitrogens with zero attached hydrogens (tertiary/aromatic N) is 1. The maximum absolute atomic E-state index is 13.1. The number of hydrogen-bond donors (Lipinski definition) is 0. The molecule has 1 saturated heterocycles. The Kier molecular flexibility index (Phi) is 5.02. The molecule has 0 bridgehead atoms. The molecule has 2 aliphatic heterocycles. The summed E-state index contributed by atoms with van der Waals surface area (Å²) < 4.78 is 35.8. The lowest BCUT2D eigenvalue weighted by Gasteiger charge is -2.28. The normalized spacial score (nSPS) is 21.2. The molecule has 0 aromatic heterocycles. The van der Waals surface area contributed by atoms with Crippen molar-refractivity contribution >= 4 is 21.4 Å². The number of carbonyl (C=O) groups is 1. The molecular weight excluding hydrogens is 390 g/mol. The van der Waals surface area contributed by atoms with Crippen LogP contribution in [-0.4, -0.2) is 44.1 Å². The lowest BCUT2D eigenvalue weighted by atomic mass is 10.0. The number of carbonyl (C=O) groups excluding carboxylic acids is 1. The van der Waals surface area contributed by atoms with E-state index in [1.165, 1.54) is 0 Å². The molecular formula is C22H25NO5S. The fourth-order valence-electron chi connectivity index (χ4n) is 4.04. The number of hydrogen-bond acceptors (Lipinski definition) is 5. The third kappa shape index (κ3) is 4.24. The Morgan fingerprint density at radius 3 is 2.62 bits per heavy atom. The maximum atomic E-state index is 13.1. The Morgan fingerprint density at radius 1 is 1.17 bits per heavy atom. The molecule has 0 radical (unpaired) electrons. The summed E-state index contributed by atoms with van der Waals surface area (Å²) in [6.07, 6.45) is 1.21. The highest BCUT2D eigenvalue weighted by Crippen LogP contribution is 2.41. The summed E-state index contributed by atoms with van der Waals surface area (Å²) in [6, 6.07) is 14.5. The predicted molar refractivity (Wildman–Crippen MR) is 111 cm³/mol. The number of benzene rings is 2. The van der Waals surface area contributed by atoms with Crippen LogP contribution in [0.3, 0.4) is 0 Å². The third-order valence-corrected chi connectivity index (χ3v) is 7.03. The molecule has 1 fully saturated rings. The fraction of sp³-hybridized carbons (Fsp3) is 0.409. The first-order chi connectivity index (χ1) is 13.7. The van der Waals surface area contributed by atoms with Gasteiger partial charge in [0.15, 0.2) is 27.9 Å². The minimum Gasteiger partial charge on any atom is -0.483 e. The zero-order valence-corrected chi connectivity index (χ0v) is 17.4. The Hall–Kier alpha value is -2.54. The average Bonchev–Trinajstić information content (AvgIpc) is 3.18. The van der Waals surface area contributed by atoms with Gasteiger partial charge in [-0.1, -0.05) is 30.3 Å². The standard InChI is InChI=1S/C22H25NO5S/c1-22(2)13-16-7-6-10-19(21(16)28-22)27-14-20(24)23(17-8-4-3-5-9-17)18-11-12-29(25,26)15-18/h3-10,18H,11-15H2,1-2H3/t18-/m1/s1. The summed E-state index contributed by atoms with van der Waals surface area (Å²) in [7, 11) is -3.12. The van der Waals surface area contributed by atoms with Gasteiger partial charge in [-0.05, 0) is 38.5 Å². The van der Waals surface area contributed by atoms with Crippen molar-refractivity contribution in [2.24, 2.45) is 0 Å². The Bertz CT molecular complexity index is 1020. The first-order valence-corrected chi connectivity index (χ1v) is 11.6. The number of para-hydroxylation sites is 2. The van der Waals surface area contributed by atoms with Crippen LogP contribution >= 0.6 is 0 Å². The summed E-state index contributed by atoms with van der Waals surface area (Å²) in [4.78, 5) is 14.7. The molecule has 6 nitrogen and oxygen atoms in total. The van der Waals surface area contributed by atoms with E-state index in [0.29, 0.717) is 23.6 Å². The first kappa shape index (κ1) is 19.8. The van der Waals surface area contributed by atoms with Crippen LogP contribution in [0.25, 0.3) is 0 Å². The van der Waals surface area contributed by atoms with Crippen LogP contribution in [0.15, 0.2) is 48.5 Å². The number of sulfone groups is 1. The fourth-order valence-corrected chi connectivity index (χ4v) is 5.74.